The van der Waals surface area contributed by atoms with Crippen molar-refractivity contribution < 1.29 is 23.9 Å². The number of hydrogen-bond donors (Lipinski definition) is 1. The van der Waals surface area contributed by atoms with Gasteiger partial charge in [-0.3, -0.25) is 9.59 Å². The molecule has 2 unspecified atom stereocenters. The largest absolute Gasteiger partial charge is 0.463 e. The van der Waals surface area contributed by atoms with Crippen LogP contribution in [0.15, 0.2) is 0 Å². The Hall–Kier alpha value is -1.59. The highest BCUT2D eigenvalue weighted by atomic mass is 16.5. The van der Waals surface area contributed by atoms with E-state index in [4.69, 9.17) is 9.47 Å². The number of esters is 2. The maximum Gasteiger partial charge on any atom is 0.328 e. The molecule has 3 atom stereocenters. The Morgan fingerprint density at radius 2 is 1.52 bits per heavy atom. The Labute approximate surface area is 126 Å². The fourth-order valence-electron chi connectivity index (χ4n) is 1.49. The first-order chi connectivity index (χ1) is 9.79. The molecule has 0 radical (unpaired) electrons. The van der Waals surface area contributed by atoms with Crippen molar-refractivity contribution in [1.82, 2.24) is 5.32 Å². The van der Waals surface area contributed by atoms with Crippen molar-refractivity contribution in [2.75, 3.05) is 0 Å². The lowest BCUT2D eigenvalue weighted by atomic mass is 10.1. The van der Waals surface area contributed by atoms with Crippen LogP contribution in [0.4, 0.5) is 0 Å². The number of ether oxygens (including phenoxy) is 2. The lowest BCUT2D eigenvalue weighted by Crippen LogP contribution is -2.42. The average Bonchev–Trinajstić information content (AvgIpc) is 2.42. The summed E-state index contributed by atoms with van der Waals surface area (Å²) < 4.78 is 10.3. The predicted octanol–water partition coefficient (Wildman–Crippen LogP) is 1.95. The molecule has 0 aliphatic carbocycles. The molecule has 1 amide bonds. The molecule has 6 nitrogen and oxygen atoms in total. The SMILES string of the molecule is CCC(C)OC(=O)CC[C@@H](NC(C)=O)C(=O)OC(C)CC. The van der Waals surface area contributed by atoms with Crippen LogP contribution in [-0.4, -0.2) is 36.1 Å². The molecular weight excluding hydrogens is 274 g/mol. The van der Waals surface area contributed by atoms with E-state index in [1.54, 1.807) is 13.8 Å². The molecule has 21 heavy (non-hydrogen) atoms. The van der Waals surface area contributed by atoms with E-state index in [1.165, 1.54) is 6.92 Å². The van der Waals surface area contributed by atoms with E-state index in [9.17, 15) is 14.4 Å². The molecule has 0 fully saturated rings. The van der Waals surface area contributed by atoms with Crippen molar-refractivity contribution in [3.63, 3.8) is 0 Å². The van der Waals surface area contributed by atoms with E-state index < -0.39 is 12.0 Å². The quantitative estimate of drug-likeness (QED) is 0.658. The molecule has 6 heteroatoms. The van der Waals surface area contributed by atoms with Crippen LogP contribution in [0.25, 0.3) is 0 Å². The third kappa shape index (κ3) is 9.05. The first-order valence-corrected chi connectivity index (χ1v) is 7.47. The van der Waals surface area contributed by atoms with Gasteiger partial charge in [-0.05, 0) is 33.1 Å². The summed E-state index contributed by atoms with van der Waals surface area (Å²) in [6.45, 7) is 8.72. The number of nitrogens with one attached hydrogen (secondary N) is 1. The monoisotopic (exact) mass is 301 g/mol. The summed E-state index contributed by atoms with van der Waals surface area (Å²) >= 11 is 0. The van der Waals surface area contributed by atoms with Crippen LogP contribution < -0.4 is 5.32 Å². The number of amides is 1. The Morgan fingerprint density at radius 1 is 1.00 bits per heavy atom. The van der Waals surface area contributed by atoms with Gasteiger partial charge < -0.3 is 14.8 Å². The second-order valence-electron chi connectivity index (χ2n) is 5.16. The maximum absolute atomic E-state index is 11.9. The van der Waals surface area contributed by atoms with E-state index in [-0.39, 0.29) is 36.9 Å². The first kappa shape index (κ1) is 19.4. The normalized spacial score (nSPS) is 14.7. The third-order valence-electron chi connectivity index (χ3n) is 3.10. The van der Waals surface area contributed by atoms with Crippen molar-refractivity contribution in [3.8, 4) is 0 Å². The number of carbonyl (C=O) groups excluding carboxylic acids is 3. The summed E-state index contributed by atoms with van der Waals surface area (Å²) in [5, 5.41) is 2.51. The van der Waals surface area contributed by atoms with Crippen LogP contribution in [0.1, 0.15) is 60.3 Å². The van der Waals surface area contributed by atoms with Gasteiger partial charge in [0, 0.05) is 13.3 Å². The van der Waals surface area contributed by atoms with Gasteiger partial charge in [-0.2, -0.15) is 0 Å². The highest BCUT2D eigenvalue weighted by Crippen LogP contribution is 2.07. The first-order valence-electron chi connectivity index (χ1n) is 7.47. The van der Waals surface area contributed by atoms with E-state index in [0.29, 0.717) is 6.42 Å². The Balaban J connectivity index is 4.45. The molecule has 0 aromatic rings. The summed E-state index contributed by atoms with van der Waals surface area (Å²) in [5.41, 5.74) is 0. The van der Waals surface area contributed by atoms with Crippen molar-refractivity contribution in [3.05, 3.63) is 0 Å². The molecule has 0 aliphatic heterocycles. The van der Waals surface area contributed by atoms with Crippen molar-refractivity contribution in [2.45, 2.75) is 78.6 Å². The molecule has 1 N–H and O–H groups in total. The van der Waals surface area contributed by atoms with Crippen LogP contribution in [-0.2, 0) is 23.9 Å². The van der Waals surface area contributed by atoms with Gasteiger partial charge in [0.1, 0.15) is 6.04 Å². The van der Waals surface area contributed by atoms with Crippen LogP contribution >= 0.6 is 0 Å². The summed E-state index contributed by atoms with van der Waals surface area (Å²) in [6, 6.07) is -0.819. The molecule has 0 aromatic heterocycles. The van der Waals surface area contributed by atoms with Gasteiger partial charge in [-0.15, -0.1) is 0 Å². The summed E-state index contributed by atoms with van der Waals surface area (Å²) in [5.74, 6) is -1.23. The van der Waals surface area contributed by atoms with Gasteiger partial charge in [0.25, 0.3) is 0 Å². The second kappa shape index (κ2) is 10.2. The Bertz CT molecular complexity index is 356. The number of rotatable bonds is 9. The predicted molar refractivity (Wildman–Crippen MR) is 78.5 cm³/mol. The van der Waals surface area contributed by atoms with Crippen molar-refractivity contribution in [2.24, 2.45) is 0 Å². The molecule has 0 bridgehead atoms. The Kier molecular flexibility index (Phi) is 9.41. The summed E-state index contributed by atoms with van der Waals surface area (Å²) in [4.78, 5) is 34.7. The molecule has 122 valence electrons. The van der Waals surface area contributed by atoms with E-state index in [0.717, 1.165) is 6.42 Å². The molecule has 0 heterocycles. The molecule has 0 aromatic carbocycles. The fraction of sp³-hybridized carbons (Fsp3) is 0.800. The van der Waals surface area contributed by atoms with Gasteiger partial charge in [0.2, 0.25) is 5.91 Å². The zero-order valence-corrected chi connectivity index (χ0v) is 13.6. The highest BCUT2D eigenvalue weighted by molar-refractivity contribution is 5.83. The van der Waals surface area contributed by atoms with Gasteiger partial charge in [-0.1, -0.05) is 13.8 Å². The van der Waals surface area contributed by atoms with Crippen molar-refractivity contribution in [1.29, 1.82) is 0 Å². The van der Waals surface area contributed by atoms with E-state index >= 15 is 0 Å². The van der Waals surface area contributed by atoms with E-state index in [2.05, 4.69) is 5.32 Å². The van der Waals surface area contributed by atoms with E-state index in [1.807, 2.05) is 13.8 Å². The van der Waals surface area contributed by atoms with Crippen LogP contribution in [0.2, 0.25) is 0 Å². The van der Waals surface area contributed by atoms with Crippen LogP contribution in [0, 0.1) is 0 Å². The smallest absolute Gasteiger partial charge is 0.328 e. The molecule has 0 saturated carbocycles. The molecule has 0 aliphatic rings. The minimum absolute atomic E-state index is 0.0604. The zero-order valence-electron chi connectivity index (χ0n) is 13.6. The zero-order chi connectivity index (χ0) is 16.4. The summed E-state index contributed by atoms with van der Waals surface area (Å²) in [7, 11) is 0. The molecule has 0 spiro atoms. The second-order valence-corrected chi connectivity index (χ2v) is 5.16. The minimum Gasteiger partial charge on any atom is -0.463 e. The van der Waals surface area contributed by atoms with Gasteiger partial charge >= 0.3 is 11.9 Å². The van der Waals surface area contributed by atoms with Crippen LogP contribution in [0.5, 0.6) is 0 Å². The molecule has 0 rings (SSSR count). The summed E-state index contributed by atoms with van der Waals surface area (Å²) in [6.07, 6.45) is 1.28. The maximum atomic E-state index is 11.9. The Morgan fingerprint density at radius 3 is 2.00 bits per heavy atom. The molecular formula is C15H27NO5. The van der Waals surface area contributed by atoms with Crippen molar-refractivity contribution >= 4 is 17.8 Å². The lowest BCUT2D eigenvalue weighted by molar-refractivity contribution is -0.153. The highest BCUT2D eigenvalue weighted by Gasteiger charge is 2.24. The topological polar surface area (TPSA) is 81.7 Å². The fourth-order valence-corrected chi connectivity index (χ4v) is 1.49. The van der Waals surface area contributed by atoms with Gasteiger partial charge in [-0.25, -0.2) is 4.79 Å². The average molecular weight is 301 g/mol. The molecule has 0 saturated heterocycles. The standard InChI is InChI=1S/C15H27NO5/c1-6-10(3)20-14(18)9-8-13(16-12(5)17)15(19)21-11(4)7-2/h10-11,13H,6-9H2,1-5H3,(H,16,17)/t10?,11?,13-/m1/s1. The van der Waals surface area contributed by atoms with Crippen LogP contribution in [0.3, 0.4) is 0 Å². The number of hydrogen-bond acceptors (Lipinski definition) is 5. The van der Waals surface area contributed by atoms with Gasteiger partial charge in [0.15, 0.2) is 0 Å². The minimum atomic E-state index is -0.819. The number of carbonyl (C=O) groups is 3. The lowest BCUT2D eigenvalue weighted by Gasteiger charge is -2.19. The third-order valence-corrected chi connectivity index (χ3v) is 3.10. The van der Waals surface area contributed by atoms with Gasteiger partial charge in [0.05, 0.1) is 12.2 Å².